The number of carbonyl (C=O) groups is 2. The molecule has 4 saturated heterocycles. The van der Waals surface area contributed by atoms with E-state index in [0.29, 0.717) is 12.1 Å². The van der Waals surface area contributed by atoms with Gasteiger partial charge in [0.25, 0.3) is 0 Å². The Kier molecular flexibility index (Phi) is 14.1. The molecule has 48 heavy (non-hydrogen) atoms. The van der Waals surface area contributed by atoms with Crippen molar-refractivity contribution in [2.45, 2.75) is 161 Å². The highest BCUT2D eigenvalue weighted by Crippen LogP contribution is 2.33. The summed E-state index contributed by atoms with van der Waals surface area (Å²) in [4.78, 5) is 34.7. The van der Waals surface area contributed by atoms with E-state index in [-0.39, 0.29) is 23.2 Å². The van der Waals surface area contributed by atoms with E-state index in [1.54, 1.807) is 0 Å². The van der Waals surface area contributed by atoms with Crippen LogP contribution in [-0.4, -0.2) is 106 Å². The minimum atomic E-state index is -0.425. The lowest BCUT2D eigenvalue weighted by Gasteiger charge is -2.48. The molecule has 272 valence electrons. The highest BCUT2D eigenvalue weighted by molar-refractivity contribution is 5.75. The Bertz CT molecular complexity index is 1120. The third kappa shape index (κ3) is 11.6. The lowest BCUT2D eigenvalue weighted by molar-refractivity contribution is -0.0264. The summed E-state index contributed by atoms with van der Waals surface area (Å²) in [6.45, 7) is 21.8. The maximum absolute atomic E-state index is 12.9. The molecule has 0 spiro atoms. The number of ether oxygens (including phenoxy) is 1. The predicted molar refractivity (Wildman–Crippen MR) is 197 cm³/mol. The number of hydrogen-bond donors (Lipinski definition) is 1. The van der Waals surface area contributed by atoms with Gasteiger partial charge in [0.05, 0.1) is 0 Å². The summed E-state index contributed by atoms with van der Waals surface area (Å²) in [6, 6.07) is 11.8. The second kappa shape index (κ2) is 17.6. The van der Waals surface area contributed by atoms with Gasteiger partial charge in [0.1, 0.15) is 5.60 Å². The van der Waals surface area contributed by atoms with E-state index in [4.69, 9.17) is 4.74 Å². The van der Waals surface area contributed by atoms with Crippen molar-refractivity contribution in [2.75, 3.05) is 45.8 Å². The normalized spacial score (nSPS) is 25.1. The van der Waals surface area contributed by atoms with Crippen LogP contribution in [0.3, 0.4) is 0 Å². The number of rotatable bonds is 7. The Morgan fingerprint density at radius 1 is 0.750 bits per heavy atom. The molecule has 4 heterocycles. The van der Waals surface area contributed by atoms with Crippen LogP contribution < -0.4 is 5.32 Å². The van der Waals surface area contributed by atoms with Gasteiger partial charge in [0.15, 0.2) is 0 Å². The van der Waals surface area contributed by atoms with Gasteiger partial charge in [-0.3, -0.25) is 9.80 Å². The van der Waals surface area contributed by atoms with E-state index in [1.165, 1.54) is 83.1 Å². The van der Waals surface area contributed by atoms with Crippen molar-refractivity contribution in [1.29, 1.82) is 0 Å². The topological polar surface area (TPSA) is 68.4 Å². The van der Waals surface area contributed by atoms with E-state index in [1.807, 2.05) is 25.7 Å². The summed E-state index contributed by atoms with van der Waals surface area (Å²) >= 11 is 0. The van der Waals surface area contributed by atoms with E-state index in [9.17, 15) is 9.59 Å². The first kappa shape index (κ1) is 38.5. The van der Waals surface area contributed by atoms with Gasteiger partial charge in [-0.1, -0.05) is 43.2 Å². The molecular weight excluding hydrogens is 598 g/mol. The second-order valence-corrected chi connectivity index (χ2v) is 17.1. The van der Waals surface area contributed by atoms with Crippen LogP contribution >= 0.6 is 0 Å². The van der Waals surface area contributed by atoms with Crippen molar-refractivity contribution in [3.63, 3.8) is 0 Å². The van der Waals surface area contributed by atoms with Gasteiger partial charge in [0, 0.05) is 42.8 Å². The molecule has 0 bridgehead atoms. The third-order valence-corrected chi connectivity index (χ3v) is 11.1. The van der Waals surface area contributed by atoms with Crippen LogP contribution in [0, 0.1) is 0 Å². The van der Waals surface area contributed by atoms with Crippen LogP contribution in [-0.2, 0) is 11.2 Å². The zero-order valence-corrected chi connectivity index (χ0v) is 31.7. The summed E-state index contributed by atoms with van der Waals surface area (Å²) in [5, 5.41) is 3.19. The molecule has 2 atom stereocenters. The van der Waals surface area contributed by atoms with Crippen molar-refractivity contribution in [1.82, 2.24) is 24.9 Å². The van der Waals surface area contributed by atoms with Crippen LogP contribution in [0.2, 0.25) is 0 Å². The summed E-state index contributed by atoms with van der Waals surface area (Å²) < 4.78 is 5.62. The van der Waals surface area contributed by atoms with Crippen LogP contribution in [0.5, 0.6) is 0 Å². The Labute approximate surface area is 293 Å². The molecular formula is C40H69N5O3. The van der Waals surface area contributed by atoms with Crippen molar-refractivity contribution in [3.8, 4) is 0 Å². The Morgan fingerprint density at radius 3 is 1.77 bits per heavy atom. The van der Waals surface area contributed by atoms with E-state index < -0.39 is 5.60 Å². The fraction of sp³-hybridized carbons (Fsp3) is 0.800. The molecule has 1 aromatic rings. The number of carbonyl (C=O) groups excluding carboxylic acids is 2. The van der Waals surface area contributed by atoms with E-state index >= 15 is 0 Å². The monoisotopic (exact) mass is 668 g/mol. The van der Waals surface area contributed by atoms with Crippen LogP contribution in [0.1, 0.15) is 131 Å². The van der Waals surface area contributed by atoms with Crippen LogP contribution in [0.15, 0.2) is 30.3 Å². The highest BCUT2D eigenvalue weighted by Gasteiger charge is 2.41. The van der Waals surface area contributed by atoms with Gasteiger partial charge >= 0.3 is 12.1 Å². The minimum absolute atomic E-state index is 0.0413. The molecule has 1 aromatic carbocycles. The van der Waals surface area contributed by atoms with Crippen molar-refractivity contribution < 1.29 is 14.3 Å². The van der Waals surface area contributed by atoms with Gasteiger partial charge in [-0.25, -0.2) is 9.59 Å². The smallest absolute Gasteiger partial charge is 0.410 e. The van der Waals surface area contributed by atoms with E-state index in [0.717, 1.165) is 51.7 Å². The second-order valence-electron chi connectivity index (χ2n) is 17.1. The molecule has 8 nitrogen and oxygen atoms in total. The van der Waals surface area contributed by atoms with Gasteiger partial charge in [-0.15, -0.1) is 0 Å². The molecule has 4 aliphatic rings. The average Bonchev–Trinajstić information content (AvgIpc) is 3.05. The Hall–Kier alpha value is -2.32. The maximum Gasteiger partial charge on any atom is 0.410 e. The van der Waals surface area contributed by atoms with Crippen LogP contribution in [0.25, 0.3) is 0 Å². The minimum Gasteiger partial charge on any atom is -0.444 e. The van der Waals surface area contributed by atoms with Gasteiger partial charge in [-0.05, 0) is 151 Å². The number of piperidine rings is 4. The number of unbranched alkanes of at least 4 members (excludes halogenated alkanes) is 1. The maximum atomic E-state index is 12.9. The standard InChI is InChI=1S/C23H37N3O.C17H32N2O2/c1-23(2)15-14-21(25-17-9-4-10-18-25)19-26(23)22(27)24-16-8-7-13-20-11-5-3-6-12-20;1-16(2,3)21-15(20)19-13-14(9-10-17(19,4)5)18-11-7-6-8-12-18/h3,5-6,11-12,21H,4,7-10,13-19H2,1-2H3,(H,24,27);14H,6-13H2,1-5H3. The zero-order chi connectivity index (χ0) is 34.8. The molecule has 0 aromatic heterocycles. The lowest BCUT2D eigenvalue weighted by Crippen LogP contribution is -2.61. The number of likely N-dealkylation sites (tertiary alicyclic amines) is 4. The SMILES string of the molecule is CC(C)(C)OC(=O)N1CC(N2CCCCC2)CCC1(C)C.CC1(C)CCC(N2CCCCC2)CN1C(=O)NCCCCc1ccccc1. The summed E-state index contributed by atoms with van der Waals surface area (Å²) in [7, 11) is 0. The fourth-order valence-corrected chi connectivity index (χ4v) is 7.96. The molecule has 4 fully saturated rings. The van der Waals surface area contributed by atoms with Crippen molar-refractivity contribution >= 4 is 12.1 Å². The number of hydrogen-bond acceptors (Lipinski definition) is 5. The number of aryl methyl sites for hydroxylation is 1. The largest absolute Gasteiger partial charge is 0.444 e. The Morgan fingerprint density at radius 2 is 1.25 bits per heavy atom. The summed E-state index contributed by atoms with van der Waals surface area (Å²) in [5.74, 6) is 0. The first-order chi connectivity index (χ1) is 22.7. The number of urea groups is 1. The predicted octanol–water partition coefficient (Wildman–Crippen LogP) is 8.10. The lowest BCUT2D eigenvalue weighted by atomic mass is 9.87. The average molecular weight is 668 g/mol. The zero-order valence-electron chi connectivity index (χ0n) is 31.7. The molecule has 5 rings (SSSR count). The molecule has 0 radical (unpaired) electrons. The first-order valence-corrected chi connectivity index (χ1v) is 19.3. The van der Waals surface area contributed by atoms with Gasteiger partial charge in [0.2, 0.25) is 0 Å². The fourth-order valence-electron chi connectivity index (χ4n) is 7.96. The molecule has 0 aliphatic carbocycles. The Balaban J connectivity index is 0.000000224. The van der Waals surface area contributed by atoms with Crippen molar-refractivity contribution in [2.24, 2.45) is 0 Å². The van der Waals surface area contributed by atoms with Gasteiger partial charge < -0.3 is 19.9 Å². The quantitative estimate of drug-likeness (QED) is 0.298. The molecule has 1 N–H and O–H groups in total. The number of benzene rings is 1. The van der Waals surface area contributed by atoms with Gasteiger partial charge in [-0.2, -0.15) is 0 Å². The highest BCUT2D eigenvalue weighted by atomic mass is 16.6. The van der Waals surface area contributed by atoms with Crippen LogP contribution in [0.4, 0.5) is 9.59 Å². The molecule has 4 aliphatic heterocycles. The molecule has 3 amide bonds. The third-order valence-electron chi connectivity index (χ3n) is 11.1. The van der Waals surface area contributed by atoms with E-state index in [2.05, 4.69) is 78.0 Å². The summed E-state index contributed by atoms with van der Waals surface area (Å²) in [5.41, 5.74) is 0.811. The van der Waals surface area contributed by atoms with Crippen molar-refractivity contribution in [3.05, 3.63) is 35.9 Å². The molecule has 2 unspecified atom stereocenters. The number of nitrogens with zero attached hydrogens (tertiary/aromatic N) is 4. The molecule has 8 heteroatoms. The number of nitrogens with one attached hydrogen (secondary N) is 1. The number of amides is 3. The first-order valence-electron chi connectivity index (χ1n) is 19.3. The molecule has 0 saturated carbocycles. The summed E-state index contributed by atoms with van der Waals surface area (Å²) in [6.07, 6.45) is 15.6.